The molecule has 0 saturated carbocycles. The van der Waals surface area contributed by atoms with Gasteiger partial charge in [-0.05, 0) is 30.3 Å². The Bertz CT molecular complexity index is 719. The quantitative estimate of drug-likeness (QED) is 0.720. The van der Waals surface area contributed by atoms with Crippen LogP contribution in [0, 0.1) is 0 Å². The fourth-order valence-electron chi connectivity index (χ4n) is 2.02. The van der Waals surface area contributed by atoms with Crippen LogP contribution in [0.4, 0.5) is 0 Å². The minimum absolute atomic E-state index is 0.814. The van der Waals surface area contributed by atoms with Crippen molar-refractivity contribution in [2.75, 3.05) is 14.2 Å². The van der Waals surface area contributed by atoms with Gasteiger partial charge in [-0.15, -0.1) is 0 Å². The molecule has 96 valence electrons. The average Bonchev–Trinajstić information content (AvgIpc) is 2.90. The average molecular weight is 254 g/mol. The largest absolute Gasteiger partial charge is 0.497 e. The van der Waals surface area contributed by atoms with Crippen molar-refractivity contribution in [3.63, 3.8) is 0 Å². The zero-order valence-electron chi connectivity index (χ0n) is 10.8. The topological polar surface area (TPSA) is 36.3 Å². The van der Waals surface area contributed by atoms with Crippen molar-refractivity contribution >= 4 is 10.9 Å². The molecule has 0 saturated heterocycles. The van der Waals surface area contributed by atoms with Gasteiger partial charge in [-0.1, -0.05) is 6.07 Å². The summed E-state index contributed by atoms with van der Waals surface area (Å²) >= 11 is 0. The summed E-state index contributed by atoms with van der Waals surface area (Å²) in [6.45, 7) is 0. The Morgan fingerprint density at radius 2 is 1.74 bits per heavy atom. The monoisotopic (exact) mass is 254 g/mol. The molecule has 4 nitrogen and oxygen atoms in total. The molecule has 4 heteroatoms. The van der Waals surface area contributed by atoms with Gasteiger partial charge in [0.25, 0.3) is 0 Å². The van der Waals surface area contributed by atoms with E-state index in [-0.39, 0.29) is 0 Å². The van der Waals surface area contributed by atoms with E-state index in [9.17, 15) is 0 Å². The normalized spacial score (nSPS) is 10.6. The first-order chi connectivity index (χ1) is 9.30. The highest BCUT2D eigenvalue weighted by atomic mass is 16.5. The van der Waals surface area contributed by atoms with E-state index in [0.29, 0.717) is 0 Å². The minimum atomic E-state index is 0.814. The molecule has 19 heavy (non-hydrogen) atoms. The maximum absolute atomic E-state index is 5.23. The lowest BCUT2D eigenvalue weighted by Crippen LogP contribution is -1.94. The number of rotatable bonds is 3. The molecule has 0 bridgehead atoms. The van der Waals surface area contributed by atoms with Crippen LogP contribution in [0.25, 0.3) is 16.6 Å². The summed E-state index contributed by atoms with van der Waals surface area (Å²) in [7, 11) is 3.32. The molecule has 0 radical (unpaired) electrons. The molecule has 0 aliphatic rings. The van der Waals surface area contributed by atoms with E-state index in [1.807, 2.05) is 53.3 Å². The van der Waals surface area contributed by atoms with Crippen LogP contribution in [0.5, 0.6) is 11.5 Å². The van der Waals surface area contributed by atoms with Gasteiger partial charge in [0.1, 0.15) is 11.5 Å². The van der Waals surface area contributed by atoms with Gasteiger partial charge in [0, 0.05) is 17.6 Å². The van der Waals surface area contributed by atoms with Crippen molar-refractivity contribution in [3.05, 3.63) is 48.7 Å². The number of hydrogen-bond acceptors (Lipinski definition) is 3. The van der Waals surface area contributed by atoms with E-state index >= 15 is 0 Å². The molecule has 0 unspecified atom stereocenters. The van der Waals surface area contributed by atoms with Crippen molar-refractivity contribution in [2.24, 2.45) is 0 Å². The maximum atomic E-state index is 5.23. The van der Waals surface area contributed by atoms with Crippen molar-refractivity contribution in [1.29, 1.82) is 0 Å². The van der Waals surface area contributed by atoms with Crippen LogP contribution >= 0.6 is 0 Å². The minimum Gasteiger partial charge on any atom is -0.497 e. The molecule has 0 aliphatic heterocycles. The summed E-state index contributed by atoms with van der Waals surface area (Å²) in [6.07, 6.45) is 1.98. The molecule has 1 heterocycles. The second kappa shape index (κ2) is 4.65. The molecule has 0 fully saturated rings. The molecule has 0 spiro atoms. The highest BCUT2D eigenvalue weighted by Crippen LogP contribution is 2.22. The lowest BCUT2D eigenvalue weighted by molar-refractivity contribution is 0.414. The standard InChI is InChI=1S/C15H14N2O2/c1-18-13-5-3-4-12(9-13)17-10-11-8-14(19-2)6-7-15(11)16-17/h3-10H,1-2H3. The van der Waals surface area contributed by atoms with E-state index in [1.54, 1.807) is 14.2 Å². The van der Waals surface area contributed by atoms with Gasteiger partial charge < -0.3 is 9.47 Å². The Labute approximate surface area is 111 Å². The van der Waals surface area contributed by atoms with Crippen LogP contribution in [0.15, 0.2) is 48.7 Å². The highest BCUT2D eigenvalue weighted by Gasteiger charge is 2.04. The first-order valence-corrected chi connectivity index (χ1v) is 5.98. The van der Waals surface area contributed by atoms with E-state index in [2.05, 4.69) is 5.10 Å². The molecule has 0 aliphatic carbocycles. The number of fused-ring (bicyclic) bond motifs is 1. The number of aromatic nitrogens is 2. The molecule has 3 rings (SSSR count). The number of methoxy groups -OCH3 is 2. The van der Waals surface area contributed by atoms with Crippen LogP contribution in [0.1, 0.15) is 0 Å². The number of hydrogen-bond donors (Lipinski definition) is 0. The summed E-state index contributed by atoms with van der Waals surface area (Å²) in [5, 5.41) is 5.58. The fourth-order valence-corrected chi connectivity index (χ4v) is 2.02. The van der Waals surface area contributed by atoms with Crippen LogP contribution in [-0.4, -0.2) is 24.0 Å². The summed E-state index contributed by atoms with van der Waals surface area (Å²) in [4.78, 5) is 0. The van der Waals surface area contributed by atoms with E-state index < -0.39 is 0 Å². The predicted molar refractivity (Wildman–Crippen MR) is 74.2 cm³/mol. The lowest BCUT2D eigenvalue weighted by Gasteiger charge is -2.03. The zero-order valence-corrected chi connectivity index (χ0v) is 10.8. The molecule has 2 aromatic carbocycles. The number of nitrogens with zero attached hydrogens (tertiary/aromatic N) is 2. The van der Waals surface area contributed by atoms with Gasteiger partial charge in [-0.3, -0.25) is 0 Å². The second-order valence-electron chi connectivity index (χ2n) is 4.20. The Morgan fingerprint density at radius 3 is 2.53 bits per heavy atom. The Morgan fingerprint density at radius 1 is 0.947 bits per heavy atom. The molecule has 3 aromatic rings. The third-order valence-electron chi connectivity index (χ3n) is 3.03. The van der Waals surface area contributed by atoms with Crippen LogP contribution in [0.3, 0.4) is 0 Å². The first-order valence-electron chi connectivity index (χ1n) is 5.98. The van der Waals surface area contributed by atoms with Crippen molar-refractivity contribution in [3.8, 4) is 17.2 Å². The summed E-state index contributed by atoms with van der Waals surface area (Å²) in [5.74, 6) is 1.65. The maximum Gasteiger partial charge on any atom is 0.121 e. The van der Waals surface area contributed by atoms with Gasteiger partial charge in [0.15, 0.2) is 0 Å². The van der Waals surface area contributed by atoms with Crippen LogP contribution in [0.2, 0.25) is 0 Å². The van der Waals surface area contributed by atoms with Crippen molar-refractivity contribution < 1.29 is 9.47 Å². The lowest BCUT2D eigenvalue weighted by atomic mass is 10.2. The third-order valence-corrected chi connectivity index (χ3v) is 3.03. The predicted octanol–water partition coefficient (Wildman–Crippen LogP) is 3.04. The first kappa shape index (κ1) is 11.6. The Balaban J connectivity index is 2.09. The van der Waals surface area contributed by atoms with Gasteiger partial charge >= 0.3 is 0 Å². The molecule has 1 aromatic heterocycles. The Hall–Kier alpha value is -2.49. The van der Waals surface area contributed by atoms with Crippen LogP contribution < -0.4 is 9.47 Å². The van der Waals surface area contributed by atoms with Gasteiger partial charge in [0.2, 0.25) is 0 Å². The van der Waals surface area contributed by atoms with Gasteiger partial charge in [0.05, 0.1) is 25.4 Å². The highest BCUT2D eigenvalue weighted by molar-refractivity contribution is 5.80. The Kier molecular flexibility index (Phi) is 2.83. The van der Waals surface area contributed by atoms with Crippen LogP contribution in [-0.2, 0) is 0 Å². The number of ether oxygens (including phenoxy) is 2. The molecule has 0 N–H and O–H groups in total. The molecule has 0 amide bonds. The van der Waals surface area contributed by atoms with Crippen molar-refractivity contribution in [1.82, 2.24) is 9.78 Å². The number of benzene rings is 2. The molecular formula is C15H14N2O2. The summed E-state index contributed by atoms with van der Waals surface area (Å²) < 4.78 is 12.3. The summed E-state index contributed by atoms with van der Waals surface area (Å²) in [5.41, 5.74) is 1.90. The molecular weight excluding hydrogens is 240 g/mol. The van der Waals surface area contributed by atoms with Crippen molar-refractivity contribution in [2.45, 2.75) is 0 Å². The van der Waals surface area contributed by atoms with E-state index in [1.165, 1.54) is 0 Å². The van der Waals surface area contributed by atoms with Gasteiger partial charge in [-0.25, -0.2) is 4.68 Å². The van der Waals surface area contributed by atoms with E-state index in [0.717, 1.165) is 28.1 Å². The summed E-state index contributed by atoms with van der Waals surface area (Å²) in [6, 6.07) is 13.6. The van der Waals surface area contributed by atoms with Gasteiger partial charge in [-0.2, -0.15) is 5.10 Å². The van der Waals surface area contributed by atoms with E-state index in [4.69, 9.17) is 9.47 Å². The zero-order chi connectivity index (χ0) is 13.2. The third kappa shape index (κ3) is 2.12. The molecule has 0 atom stereocenters. The SMILES string of the molecule is COc1cccc(-n2cc3cc(OC)ccc3n2)c1. The fraction of sp³-hybridized carbons (Fsp3) is 0.133. The second-order valence-corrected chi connectivity index (χ2v) is 4.20. The smallest absolute Gasteiger partial charge is 0.121 e.